The normalized spacial score (nSPS) is 14.3. The molecule has 0 saturated carbocycles. The molecule has 0 rings (SSSR count). The molecule has 11 heavy (non-hydrogen) atoms. The summed E-state index contributed by atoms with van der Waals surface area (Å²) in [4.78, 5) is 11.1. The summed E-state index contributed by atoms with van der Waals surface area (Å²) >= 11 is 1.93. The molecule has 0 aliphatic rings. The lowest BCUT2D eigenvalue weighted by molar-refractivity contribution is -0.156. The molecule has 0 amide bonds. The van der Waals surface area contributed by atoms with Crippen LogP contribution in [0.2, 0.25) is 0 Å². The molecule has 0 bridgehead atoms. The van der Waals surface area contributed by atoms with Crippen molar-refractivity contribution < 1.29 is 9.53 Å². The highest BCUT2D eigenvalue weighted by Crippen LogP contribution is 2.08. The third-order valence-electron chi connectivity index (χ3n) is 0.924. The maximum absolute atomic E-state index is 11.1. The number of esters is 1. The minimum atomic E-state index is -0.390. The molecule has 3 nitrogen and oxygen atoms in total. The van der Waals surface area contributed by atoms with Crippen molar-refractivity contribution in [2.45, 2.75) is 39.3 Å². The van der Waals surface area contributed by atoms with Gasteiger partial charge < -0.3 is 4.74 Å². The van der Waals surface area contributed by atoms with Crippen molar-refractivity contribution in [3.8, 4) is 0 Å². The van der Waals surface area contributed by atoms with Gasteiger partial charge in [-0.25, -0.2) is 3.53 Å². The Morgan fingerprint density at radius 2 is 2.00 bits per heavy atom. The van der Waals surface area contributed by atoms with Crippen LogP contribution in [0.5, 0.6) is 0 Å². The van der Waals surface area contributed by atoms with E-state index in [9.17, 15) is 4.79 Å². The van der Waals surface area contributed by atoms with Gasteiger partial charge in [-0.3, -0.25) is 4.79 Å². The van der Waals surface area contributed by atoms with E-state index in [1.165, 1.54) is 0 Å². The van der Waals surface area contributed by atoms with Gasteiger partial charge >= 0.3 is 5.97 Å². The summed E-state index contributed by atoms with van der Waals surface area (Å²) in [5.74, 6) is -0.216. The summed E-state index contributed by atoms with van der Waals surface area (Å²) in [7, 11) is 0. The third kappa shape index (κ3) is 5.43. The Morgan fingerprint density at radius 3 is 2.27 bits per heavy atom. The zero-order chi connectivity index (χ0) is 9.07. The predicted molar refractivity (Wildman–Crippen MR) is 52.5 cm³/mol. The monoisotopic (exact) mass is 271 g/mol. The first-order valence-electron chi connectivity index (χ1n) is 3.46. The standard InChI is InChI=1S/C7H14INO2/c1-5(9-8)6(10)11-7(2,3)4/h5,9H,1-4H3. The molecule has 66 valence electrons. The lowest BCUT2D eigenvalue weighted by Gasteiger charge is -2.21. The Bertz CT molecular complexity index is 142. The van der Waals surface area contributed by atoms with E-state index in [4.69, 9.17) is 4.74 Å². The number of rotatable bonds is 2. The van der Waals surface area contributed by atoms with Crippen LogP contribution in [0.25, 0.3) is 0 Å². The van der Waals surface area contributed by atoms with E-state index in [1.807, 2.05) is 43.6 Å². The molecule has 0 spiro atoms. The first-order chi connectivity index (χ1) is 4.87. The fraction of sp³-hybridized carbons (Fsp3) is 0.857. The smallest absolute Gasteiger partial charge is 0.324 e. The molecule has 0 heterocycles. The molecule has 0 aliphatic carbocycles. The van der Waals surface area contributed by atoms with E-state index >= 15 is 0 Å². The average molecular weight is 271 g/mol. The maximum Gasteiger partial charge on any atom is 0.324 e. The molecule has 0 radical (unpaired) electrons. The number of carbonyl (C=O) groups is 1. The van der Waals surface area contributed by atoms with Gasteiger partial charge in [0.05, 0.1) is 0 Å². The summed E-state index contributed by atoms with van der Waals surface area (Å²) in [6.45, 7) is 7.32. The Morgan fingerprint density at radius 1 is 1.55 bits per heavy atom. The van der Waals surface area contributed by atoms with Gasteiger partial charge in [0, 0.05) is 22.9 Å². The largest absolute Gasteiger partial charge is 0.459 e. The van der Waals surface area contributed by atoms with E-state index in [1.54, 1.807) is 6.92 Å². The first kappa shape index (κ1) is 11.2. The summed E-state index contributed by atoms with van der Waals surface area (Å²) in [5.41, 5.74) is -0.390. The number of ether oxygens (including phenoxy) is 1. The Labute approximate surface area is 81.4 Å². The topological polar surface area (TPSA) is 38.3 Å². The van der Waals surface area contributed by atoms with Gasteiger partial charge in [-0.2, -0.15) is 0 Å². The van der Waals surface area contributed by atoms with Gasteiger partial charge in [0.15, 0.2) is 0 Å². The van der Waals surface area contributed by atoms with Crippen LogP contribution in [-0.2, 0) is 9.53 Å². The number of halogens is 1. The average Bonchev–Trinajstić information content (AvgIpc) is 1.82. The summed E-state index contributed by atoms with van der Waals surface area (Å²) in [6.07, 6.45) is 0. The van der Waals surface area contributed by atoms with Crippen molar-refractivity contribution in [2.24, 2.45) is 0 Å². The van der Waals surface area contributed by atoms with Gasteiger partial charge in [0.1, 0.15) is 11.6 Å². The molecule has 0 aromatic carbocycles. The van der Waals surface area contributed by atoms with E-state index in [2.05, 4.69) is 3.53 Å². The fourth-order valence-corrected chi connectivity index (χ4v) is 0.689. The lowest BCUT2D eigenvalue weighted by atomic mass is 10.2. The molecule has 1 N–H and O–H groups in total. The number of hydrogen-bond donors (Lipinski definition) is 1. The predicted octanol–water partition coefficient (Wildman–Crippen LogP) is 1.66. The van der Waals surface area contributed by atoms with Crippen LogP contribution >= 0.6 is 22.9 Å². The van der Waals surface area contributed by atoms with Gasteiger partial charge in [-0.05, 0) is 27.7 Å². The van der Waals surface area contributed by atoms with Crippen molar-refractivity contribution >= 4 is 28.8 Å². The molecular formula is C7H14INO2. The highest BCUT2D eigenvalue weighted by atomic mass is 127. The SMILES string of the molecule is CC(NI)C(=O)OC(C)(C)C. The van der Waals surface area contributed by atoms with Crippen molar-refractivity contribution in [3.05, 3.63) is 0 Å². The molecule has 0 aliphatic heterocycles. The van der Waals surface area contributed by atoms with Crippen LogP contribution < -0.4 is 3.53 Å². The van der Waals surface area contributed by atoms with Crippen LogP contribution in [0.1, 0.15) is 27.7 Å². The zero-order valence-corrected chi connectivity index (χ0v) is 9.43. The zero-order valence-electron chi connectivity index (χ0n) is 7.27. The lowest BCUT2D eigenvalue weighted by Crippen LogP contribution is -2.35. The first-order valence-corrected chi connectivity index (χ1v) is 4.53. The molecule has 0 saturated heterocycles. The summed E-state index contributed by atoms with van der Waals surface area (Å²) < 4.78 is 7.87. The minimum Gasteiger partial charge on any atom is -0.459 e. The van der Waals surface area contributed by atoms with Gasteiger partial charge in [-0.1, -0.05) is 0 Å². The van der Waals surface area contributed by atoms with Gasteiger partial charge in [0.2, 0.25) is 0 Å². The maximum atomic E-state index is 11.1. The van der Waals surface area contributed by atoms with E-state index in [-0.39, 0.29) is 12.0 Å². The Kier molecular flexibility index (Phi) is 4.31. The van der Waals surface area contributed by atoms with Crippen molar-refractivity contribution in [2.75, 3.05) is 0 Å². The van der Waals surface area contributed by atoms with Crippen LogP contribution in [0.15, 0.2) is 0 Å². The van der Waals surface area contributed by atoms with E-state index in [0.717, 1.165) is 0 Å². The van der Waals surface area contributed by atoms with Crippen LogP contribution in [0.4, 0.5) is 0 Å². The van der Waals surface area contributed by atoms with Crippen LogP contribution in [0, 0.1) is 0 Å². The molecule has 0 aromatic heterocycles. The second kappa shape index (κ2) is 4.25. The van der Waals surface area contributed by atoms with Crippen molar-refractivity contribution in [1.82, 2.24) is 3.53 Å². The Balaban J connectivity index is 3.88. The Hall–Kier alpha value is 0.160. The quantitative estimate of drug-likeness (QED) is 0.471. The second-order valence-corrected chi connectivity index (χ2v) is 3.99. The number of hydrogen-bond acceptors (Lipinski definition) is 3. The van der Waals surface area contributed by atoms with Gasteiger partial charge in [0.25, 0.3) is 0 Å². The van der Waals surface area contributed by atoms with Crippen LogP contribution in [-0.4, -0.2) is 17.6 Å². The molecule has 1 unspecified atom stereocenters. The molecule has 4 heteroatoms. The van der Waals surface area contributed by atoms with Crippen molar-refractivity contribution in [1.29, 1.82) is 0 Å². The van der Waals surface area contributed by atoms with E-state index in [0.29, 0.717) is 0 Å². The number of carbonyl (C=O) groups excluding carboxylic acids is 1. The second-order valence-electron chi connectivity index (χ2n) is 3.36. The number of nitrogens with one attached hydrogen (secondary N) is 1. The fourth-order valence-electron chi connectivity index (χ4n) is 0.435. The van der Waals surface area contributed by atoms with Gasteiger partial charge in [-0.15, -0.1) is 0 Å². The summed E-state index contributed by atoms with van der Waals surface area (Å²) in [5, 5.41) is 0. The third-order valence-corrected chi connectivity index (χ3v) is 1.86. The van der Waals surface area contributed by atoms with Crippen LogP contribution in [0.3, 0.4) is 0 Å². The molecule has 0 aromatic rings. The highest BCUT2D eigenvalue weighted by molar-refractivity contribution is 14.1. The molecular weight excluding hydrogens is 257 g/mol. The minimum absolute atomic E-state index is 0.216. The summed E-state index contributed by atoms with van der Waals surface area (Å²) in [6, 6.07) is -0.241. The molecule has 1 atom stereocenters. The molecule has 0 fully saturated rings. The highest BCUT2D eigenvalue weighted by Gasteiger charge is 2.20. The van der Waals surface area contributed by atoms with E-state index < -0.39 is 5.60 Å². The van der Waals surface area contributed by atoms with Crippen molar-refractivity contribution in [3.63, 3.8) is 0 Å².